The van der Waals surface area contributed by atoms with Crippen LogP contribution in [0.3, 0.4) is 0 Å². The first-order valence-corrected chi connectivity index (χ1v) is 9.86. The normalized spacial score (nSPS) is 19.6. The molecule has 1 fully saturated rings. The lowest BCUT2D eigenvalue weighted by molar-refractivity contribution is -0.146. The monoisotopic (exact) mass is 401 g/mol. The summed E-state index contributed by atoms with van der Waals surface area (Å²) in [6.45, 7) is 8.65. The summed E-state index contributed by atoms with van der Waals surface area (Å²) in [5.41, 5.74) is -0.212. The molecule has 3 rings (SSSR count). The molecule has 8 nitrogen and oxygen atoms in total. The number of amides is 1. The number of morpholine rings is 1. The second kappa shape index (κ2) is 8.73. The molecule has 29 heavy (non-hydrogen) atoms. The van der Waals surface area contributed by atoms with Crippen molar-refractivity contribution in [1.82, 2.24) is 14.7 Å². The summed E-state index contributed by atoms with van der Waals surface area (Å²) in [7, 11) is 0. The van der Waals surface area contributed by atoms with Crippen LogP contribution in [-0.4, -0.2) is 58.5 Å². The zero-order valence-corrected chi connectivity index (χ0v) is 17.3. The van der Waals surface area contributed by atoms with Crippen molar-refractivity contribution in [3.05, 3.63) is 40.3 Å². The number of rotatable bonds is 5. The van der Waals surface area contributed by atoms with Crippen LogP contribution >= 0.6 is 0 Å². The number of benzene rings is 1. The Balaban J connectivity index is 1.81. The maximum atomic E-state index is 12.7. The first kappa shape index (κ1) is 21.0. The molecule has 1 aliphatic heterocycles. The lowest BCUT2D eigenvalue weighted by Gasteiger charge is -2.35. The van der Waals surface area contributed by atoms with Crippen molar-refractivity contribution in [3.8, 4) is 0 Å². The molecule has 1 aromatic heterocycles. The molecule has 0 bridgehead atoms. The Morgan fingerprint density at radius 3 is 2.41 bits per heavy atom. The van der Waals surface area contributed by atoms with Crippen LogP contribution in [0.25, 0.3) is 10.8 Å². The molecular formula is C21H27N3O5. The summed E-state index contributed by atoms with van der Waals surface area (Å²) in [5.74, 6) is -0.821. The van der Waals surface area contributed by atoms with E-state index in [1.165, 1.54) is 4.68 Å². The molecule has 2 atom stereocenters. The number of fused-ring (bicyclic) bond motifs is 1. The van der Waals surface area contributed by atoms with E-state index in [9.17, 15) is 14.4 Å². The van der Waals surface area contributed by atoms with Gasteiger partial charge in [-0.3, -0.25) is 9.59 Å². The van der Waals surface area contributed by atoms with Gasteiger partial charge >= 0.3 is 5.97 Å². The highest BCUT2D eigenvalue weighted by Crippen LogP contribution is 2.15. The quantitative estimate of drug-likeness (QED) is 0.710. The summed E-state index contributed by atoms with van der Waals surface area (Å²) in [6.07, 6.45) is -0.132. The summed E-state index contributed by atoms with van der Waals surface area (Å²) < 4.78 is 12.2. The SMILES string of the molecule is CC(C)Cn1nc(C(=O)OCC(=O)N2C[C@@H](C)O[C@@H](C)C2)c2ccccc2c1=O. The molecule has 0 spiro atoms. The molecule has 0 radical (unpaired) electrons. The molecule has 8 heteroatoms. The molecule has 1 aromatic carbocycles. The van der Waals surface area contributed by atoms with Crippen LogP contribution in [0.4, 0.5) is 0 Å². The summed E-state index contributed by atoms with van der Waals surface area (Å²) in [4.78, 5) is 39.5. The minimum Gasteiger partial charge on any atom is -0.451 e. The Morgan fingerprint density at radius 2 is 1.79 bits per heavy atom. The van der Waals surface area contributed by atoms with Gasteiger partial charge in [0.2, 0.25) is 0 Å². The van der Waals surface area contributed by atoms with E-state index in [1.54, 1.807) is 29.2 Å². The third kappa shape index (κ3) is 4.82. The standard InChI is InChI=1S/C21H27N3O5/c1-13(2)9-24-20(26)17-8-6-5-7-16(17)19(22-24)21(27)28-12-18(25)23-10-14(3)29-15(4)11-23/h5-8,13-15H,9-12H2,1-4H3/t14-,15+. The van der Waals surface area contributed by atoms with Crippen molar-refractivity contribution in [2.24, 2.45) is 5.92 Å². The Labute approximate surface area is 169 Å². The lowest BCUT2D eigenvalue weighted by Crippen LogP contribution is -2.49. The van der Waals surface area contributed by atoms with Gasteiger partial charge in [-0.05, 0) is 25.8 Å². The van der Waals surface area contributed by atoms with Gasteiger partial charge in [0.25, 0.3) is 11.5 Å². The number of ether oxygens (including phenoxy) is 2. The highest BCUT2D eigenvalue weighted by molar-refractivity contribution is 6.02. The molecule has 2 heterocycles. The van der Waals surface area contributed by atoms with E-state index in [0.29, 0.717) is 30.4 Å². The number of hydrogen-bond donors (Lipinski definition) is 0. The fourth-order valence-corrected chi connectivity index (χ4v) is 3.52. The number of carbonyl (C=O) groups excluding carboxylic acids is 2. The average Bonchev–Trinajstić information content (AvgIpc) is 2.67. The molecule has 0 aliphatic carbocycles. The summed E-state index contributed by atoms with van der Waals surface area (Å²) >= 11 is 0. The second-order valence-electron chi connectivity index (χ2n) is 7.91. The summed E-state index contributed by atoms with van der Waals surface area (Å²) in [5, 5.41) is 5.06. The largest absolute Gasteiger partial charge is 0.451 e. The van der Waals surface area contributed by atoms with Gasteiger partial charge in [0.1, 0.15) is 0 Å². The van der Waals surface area contributed by atoms with E-state index in [0.717, 1.165) is 0 Å². The smallest absolute Gasteiger partial charge is 0.359 e. The van der Waals surface area contributed by atoms with Crippen LogP contribution in [0.1, 0.15) is 38.2 Å². The Hall–Kier alpha value is -2.74. The highest BCUT2D eigenvalue weighted by Gasteiger charge is 2.27. The number of carbonyl (C=O) groups is 2. The maximum Gasteiger partial charge on any atom is 0.359 e. The van der Waals surface area contributed by atoms with Crippen LogP contribution in [-0.2, 0) is 20.8 Å². The molecule has 0 N–H and O–H groups in total. The van der Waals surface area contributed by atoms with Crippen LogP contribution in [0.2, 0.25) is 0 Å². The molecule has 0 unspecified atom stereocenters. The fourth-order valence-electron chi connectivity index (χ4n) is 3.52. The van der Waals surface area contributed by atoms with Crippen molar-refractivity contribution < 1.29 is 19.1 Å². The molecule has 0 saturated carbocycles. The highest BCUT2D eigenvalue weighted by atomic mass is 16.5. The lowest BCUT2D eigenvalue weighted by atomic mass is 10.1. The van der Waals surface area contributed by atoms with E-state index in [2.05, 4.69) is 5.10 Å². The van der Waals surface area contributed by atoms with E-state index in [1.807, 2.05) is 27.7 Å². The minimum absolute atomic E-state index is 0.0392. The molecule has 1 amide bonds. The molecule has 1 aliphatic rings. The van der Waals surface area contributed by atoms with Crippen molar-refractivity contribution >= 4 is 22.6 Å². The van der Waals surface area contributed by atoms with E-state index in [-0.39, 0.29) is 41.9 Å². The van der Waals surface area contributed by atoms with Gasteiger partial charge in [-0.1, -0.05) is 32.0 Å². The molecule has 2 aromatic rings. The van der Waals surface area contributed by atoms with Crippen LogP contribution in [0.5, 0.6) is 0 Å². The Bertz CT molecular complexity index is 958. The van der Waals surface area contributed by atoms with Gasteiger partial charge in [-0.25, -0.2) is 9.48 Å². The van der Waals surface area contributed by atoms with Gasteiger partial charge in [-0.2, -0.15) is 5.10 Å². The van der Waals surface area contributed by atoms with Crippen LogP contribution in [0.15, 0.2) is 29.1 Å². The van der Waals surface area contributed by atoms with Crippen molar-refractivity contribution in [3.63, 3.8) is 0 Å². The van der Waals surface area contributed by atoms with Crippen molar-refractivity contribution in [1.29, 1.82) is 0 Å². The van der Waals surface area contributed by atoms with Crippen LogP contribution < -0.4 is 5.56 Å². The topological polar surface area (TPSA) is 90.7 Å². The minimum atomic E-state index is -0.721. The fraction of sp³-hybridized carbons (Fsp3) is 0.524. The third-order valence-corrected chi connectivity index (χ3v) is 4.70. The zero-order chi connectivity index (χ0) is 21.1. The zero-order valence-electron chi connectivity index (χ0n) is 17.3. The van der Waals surface area contributed by atoms with Crippen LogP contribution in [0, 0.1) is 5.92 Å². The summed E-state index contributed by atoms with van der Waals surface area (Å²) in [6, 6.07) is 6.79. The average molecular weight is 401 g/mol. The second-order valence-corrected chi connectivity index (χ2v) is 7.91. The predicted octanol–water partition coefficient (Wildman–Crippen LogP) is 1.85. The van der Waals surface area contributed by atoms with E-state index in [4.69, 9.17) is 9.47 Å². The number of hydrogen-bond acceptors (Lipinski definition) is 6. The van der Waals surface area contributed by atoms with E-state index < -0.39 is 5.97 Å². The van der Waals surface area contributed by atoms with Gasteiger partial charge in [0.05, 0.1) is 17.6 Å². The van der Waals surface area contributed by atoms with Gasteiger partial charge in [0.15, 0.2) is 12.3 Å². The third-order valence-electron chi connectivity index (χ3n) is 4.70. The van der Waals surface area contributed by atoms with Gasteiger partial charge in [-0.15, -0.1) is 0 Å². The van der Waals surface area contributed by atoms with Crippen molar-refractivity contribution in [2.75, 3.05) is 19.7 Å². The first-order valence-electron chi connectivity index (χ1n) is 9.86. The van der Waals surface area contributed by atoms with E-state index >= 15 is 0 Å². The first-order chi connectivity index (χ1) is 13.8. The molecule has 1 saturated heterocycles. The van der Waals surface area contributed by atoms with Gasteiger partial charge in [0, 0.05) is 25.0 Å². The predicted molar refractivity (Wildman–Crippen MR) is 108 cm³/mol. The number of nitrogens with zero attached hydrogens (tertiary/aromatic N) is 3. The molecule has 156 valence electrons. The number of esters is 1. The van der Waals surface area contributed by atoms with Crippen molar-refractivity contribution in [2.45, 2.75) is 46.4 Å². The Kier molecular flexibility index (Phi) is 6.32. The maximum absolute atomic E-state index is 12.7. The van der Waals surface area contributed by atoms with Gasteiger partial charge < -0.3 is 14.4 Å². The molecular weight excluding hydrogens is 374 g/mol. The Morgan fingerprint density at radius 1 is 1.17 bits per heavy atom. The number of aromatic nitrogens is 2.